The molecule has 0 amide bonds. The molecule has 0 radical (unpaired) electrons. The van der Waals surface area contributed by atoms with Gasteiger partial charge in [-0.1, -0.05) is 72.8 Å². The number of hydrogen-bond donors (Lipinski definition) is 0. The van der Waals surface area contributed by atoms with Gasteiger partial charge in [0.25, 0.3) is 0 Å². The van der Waals surface area contributed by atoms with Gasteiger partial charge in [-0.2, -0.15) is 149 Å². The Kier molecular flexibility index (Phi) is 23.1. The van der Waals surface area contributed by atoms with Crippen LogP contribution < -0.4 is 4.74 Å². The first-order valence-corrected chi connectivity index (χ1v) is 29.5. The second-order valence-electron chi connectivity index (χ2n) is 18.7. The SMILES string of the molecule is O=S(=O)([O-])C(F)(F)C(F)(F)C(F)(F)C(F)(F)C(F)(F)C(F)(F)C(F)(F)C(F)(F)F.O=S(=O)([O-])C(F)(F)C(F)(F)C(F)(F)C(F)(F)C(F)(F)C(F)(F)C(F)(F)C(F)(F)F.c1ccc([S+](c2ccccc2)c2ccc(Oc3ccc([S+](c4ccccc4)c4ccccc4)cc3)cc2)cc1. The van der Waals surface area contributed by atoms with Crippen LogP contribution in [-0.4, -0.2) is 120 Å². The number of rotatable bonds is 22. The summed E-state index contributed by atoms with van der Waals surface area (Å²) in [5, 5.41) is -15.9. The first kappa shape index (κ1) is 82.7. The number of benzene rings is 6. The van der Waals surface area contributed by atoms with Gasteiger partial charge in [0.15, 0.2) is 49.6 Å². The van der Waals surface area contributed by atoms with E-state index >= 15 is 0 Å². The zero-order chi connectivity index (χ0) is 75.3. The summed E-state index contributed by atoms with van der Waals surface area (Å²) in [6.07, 6.45) is -15.8. The Labute approximate surface area is 525 Å². The van der Waals surface area contributed by atoms with Crippen LogP contribution in [0.4, 0.5) is 149 Å². The molecule has 6 rings (SSSR count). The van der Waals surface area contributed by atoms with Crippen molar-refractivity contribution >= 4 is 42.0 Å². The highest BCUT2D eigenvalue weighted by Crippen LogP contribution is 2.66. The summed E-state index contributed by atoms with van der Waals surface area (Å²) in [6.45, 7) is 0. The van der Waals surface area contributed by atoms with Gasteiger partial charge in [0.2, 0.25) is 0 Å². The summed E-state index contributed by atoms with van der Waals surface area (Å²) in [5.74, 6) is -103. The average molecular weight is 1540 g/mol. The topological polar surface area (TPSA) is 124 Å². The number of alkyl halides is 34. The minimum Gasteiger partial charge on any atom is -0.743 e. The average Bonchev–Trinajstić information content (AvgIpc) is 0.698. The van der Waals surface area contributed by atoms with E-state index in [-0.39, 0.29) is 21.8 Å². The molecule has 7 nitrogen and oxygen atoms in total. The van der Waals surface area contributed by atoms with E-state index in [0.717, 1.165) is 11.5 Å². The maximum Gasteiger partial charge on any atom is 0.460 e. The first-order valence-electron chi connectivity index (χ1n) is 24.3. The van der Waals surface area contributed by atoms with Gasteiger partial charge in [-0.15, -0.1) is 0 Å². The fraction of sp³-hybridized carbons (Fsp3) is 0.308. The quantitative estimate of drug-likeness (QED) is 0.0377. The lowest BCUT2D eigenvalue weighted by Crippen LogP contribution is -2.75. The highest BCUT2D eigenvalue weighted by molar-refractivity contribution is 7.97. The van der Waals surface area contributed by atoms with Gasteiger partial charge in [-0.25, -0.2) is 16.8 Å². The van der Waals surface area contributed by atoms with E-state index in [1.807, 2.05) is 0 Å². The van der Waals surface area contributed by atoms with E-state index in [2.05, 4.69) is 170 Å². The third-order valence-electron chi connectivity index (χ3n) is 12.3. The van der Waals surface area contributed by atoms with Gasteiger partial charge in [0.05, 0.1) is 21.8 Å². The van der Waals surface area contributed by atoms with Crippen LogP contribution in [-0.2, 0) is 42.0 Å². The maximum absolute atomic E-state index is 13.0. The molecule has 0 heterocycles. The number of halogens is 34. The molecule has 6 aromatic rings. The summed E-state index contributed by atoms with van der Waals surface area (Å²) >= 11 is 0. The minimum atomic E-state index is -8.92. The standard InChI is InChI=1S/C36H28OS2.2C8HF17O3S/c1-5-13-31(14-6-1)38(32-15-7-2-8-16-32)35-25-21-29(22-26-35)37-30-23-27-36(28-24-30)39(33-17-9-3-10-18-33)34-19-11-4-12-20-34;2*9-1(10,3(13,14)5(17,18)7(21,22)23)2(11,12)4(15,16)6(19,20)8(24,25)29(26,27)28/h1-28H;2*(H,26,27,28)/q+2;;/p-2. The molecule has 45 heteroatoms. The third-order valence-corrected chi connectivity index (χ3v) is 18.5. The molecule has 0 unspecified atom stereocenters. The molecule has 0 aliphatic carbocycles. The lowest BCUT2D eigenvalue weighted by Gasteiger charge is -2.42. The van der Waals surface area contributed by atoms with E-state index in [9.17, 15) is 175 Å². The number of hydrogen-bond acceptors (Lipinski definition) is 7. The maximum atomic E-state index is 13.0. The monoisotopic (exact) mass is 1540 g/mol. The largest absolute Gasteiger partial charge is 0.743 e. The van der Waals surface area contributed by atoms with Crippen LogP contribution in [0.15, 0.2) is 199 Å². The van der Waals surface area contributed by atoms with Crippen molar-refractivity contribution < 1.29 is 180 Å². The van der Waals surface area contributed by atoms with Gasteiger partial charge in [-0.3, -0.25) is 0 Å². The lowest BCUT2D eigenvalue weighted by atomic mass is 9.91. The van der Waals surface area contributed by atoms with Crippen molar-refractivity contribution in [1.29, 1.82) is 0 Å². The number of ether oxygens (including phenoxy) is 1. The van der Waals surface area contributed by atoms with E-state index in [0.29, 0.717) is 0 Å². The van der Waals surface area contributed by atoms with E-state index in [1.54, 1.807) is 0 Å². The Hall–Kier alpha value is -6.74. The van der Waals surface area contributed by atoms with Gasteiger partial charge in [0, 0.05) is 0 Å². The van der Waals surface area contributed by atoms with Gasteiger partial charge in [-0.05, 0) is 97.1 Å². The molecule has 0 aromatic heterocycles. The van der Waals surface area contributed by atoms with Crippen LogP contribution in [0.3, 0.4) is 0 Å². The predicted octanol–water partition coefficient (Wildman–Crippen LogP) is 18.7. The normalized spacial score (nSPS) is 14.5. The zero-order valence-corrected chi connectivity index (χ0v) is 48.8. The van der Waals surface area contributed by atoms with Crippen LogP contribution in [0.1, 0.15) is 0 Å². The summed E-state index contributed by atoms with van der Waals surface area (Å²) < 4.78 is 494. The Morgan fingerprint density at radius 3 is 0.546 bits per heavy atom. The van der Waals surface area contributed by atoms with Crippen LogP contribution in [0.25, 0.3) is 0 Å². The fourth-order valence-electron chi connectivity index (χ4n) is 7.08. The molecule has 0 aliphatic heterocycles. The molecule has 540 valence electrons. The summed E-state index contributed by atoms with van der Waals surface area (Å²) in [4.78, 5) is 7.76. The highest BCUT2D eigenvalue weighted by Gasteiger charge is 2.97. The van der Waals surface area contributed by atoms with Crippen molar-refractivity contribution in [3.63, 3.8) is 0 Å². The Bertz CT molecular complexity index is 3520. The van der Waals surface area contributed by atoms with Crippen molar-refractivity contribution in [2.75, 3.05) is 0 Å². The van der Waals surface area contributed by atoms with Crippen LogP contribution >= 0.6 is 0 Å². The van der Waals surface area contributed by atoms with E-state index < -0.39 is 114 Å². The van der Waals surface area contributed by atoms with E-state index in [1.165, 1.54) is 29.4 Å². The molecule has 97 heavy (non-hydrogen) atoms. The molecule has 0 saturated heterocycles. The van der Waals surface area contributed by atoms with Crippen molar-refractivity contribution in [2.45, 2.75) is 123 Å². The van der Waals surface area contributed by atoms with Crippen molar-refractivity contribution in [3.8, 4) is 11.5 Å². The minimum absolute atomic E-state index is 0.169. The predicted molar refractivity (Wildman–Crippen MR) is 264 cm³/mol. The van der Waals surface area contributed by atoms with Crippen molar-refractivity contribution in [3.05, 3.63) is 170 Å². The molecule has 0 bridgehead atoms. The van der Waals surface area contributed by atoms with Crippen LogP contribution in [0, 0.1) is 0 Å². The van der Waals surface area contributed by atoms with Gasteiger partial charge in [0.1, 0.15) is 11.5 Å². The zero-order valence-electron chi connectivity index (χ0n) is 45.5. The molecule has 0 N–H and O–H groups in total. The van der Waals surface area contributed by atoms with Gasteiger partial charge < -0.3 is 13.8 Å². The first-order chi connectivity index (χ1) is 43.3. The summed E-state index contributed by atoms with van der Waals surface area (Å²) in [5.41, 5.74) is 0. The molecule has 0 atom stereocenters. The fourth-order valence-corrected chi connectivity index (χ4v) is 12.1. The van der Waals surface area contributed by atoms with Crippen molar-refractivity contribution in [1.82, 2.24) is 0 Å². The Morgan fingerprint density at radius 1 is 0.227 bits per heavy atom. The van der Waals surface area contributed by atoms with E-state index in [4.69, 9.17) is 4.74 Å². The van der Waals surface area contributed by atoms with Crippen LogP contribution in [0.2, 0.25) is 0 Å². The Balaban J connectivity index is 0.000000316. The Morgan fingerprint density at radius 2 is 0.381 bits per heavy atom. The molecular formula is C52H28F34O7S4. The summed E-state index contributed by atoms with van der Waals surface area (Å²) in [7, 11) is -16.6. The van der Waals surface area contributed by atoms with Gasteiger partial charge >= 0.3 is 93.9 Å². The molecular weight excluding hydrogens is 1510 g/mol. The third kappa shape index (κ3) is 14.4. The molecule has 0 saturated carbocycles. The molecule has 0 aliphatic rings. The highest BCUT2D eigenvalue weighted by atomic mass is 32.2. The van der Waals surface area contributed by atoms with Crippen molar-refractivity contribution in [2.24, 2.45) is 0 Å². The summed E-state index contributed by atoms with van der Waals surface area (Å²) in [6, 6.07) is 59.9. The molecule has 0 spiro atoms. The second kappa shape index (κ2) is 27.1. The second-order valence-corrected chi connectivity index (χ2v) is 25.6. The van der Waals surface area contributed by atoms with Crippen LogP contribution in [0.5, 0.6) is 11.5 Å². The molecule has 0 fully saturated rings. The lowest BCUT2D eigenvalue weighted by molar-refractivity contribution is -0.458. The molecule has 6 aromatic carbocycles. The smallest absolute Gasteiger partial charge is 0.460 e.